The molecule has 0 spiro atoms. The molecule has 0 saturated carbocycles. The Kier molecular flexibility index (Phi) is 19.8. The van der Waals surface area contributed by atoms with Crippen molar-refractivity contribution in [2.45, 2.75) is 174 Å². The molecule has 2 heterocycles. The topological polar surface area (TPSA) is 52.6 Å². The lowest BCUT2D eigenvalue weighted by molar-refractivity contribution is -0.254. The molecule has 2 aromatic carbocycles. The molecule has 0 radical (unpaired) electrons. The lowest BCUT2D eigenvalue weighted by Gasteiger charge is -2.25. The molecule has 4 aromatic rings. The molecule has 0 fully saturated rings. The zero-order valence-corrected chi connectivity index (χ0v) is 40.2. The molecule has 356 valence electrons. The summed E-state index contributed by atoms with van der Waals surface area (Å²) >= 11 is 2.02. The van der Waals surface area contributed by atoms with Gasteiger partial charge < -0.3 is 9.47 Å². The number of ether oxygens (including phenoxy) is 2. The van der Waals surface area contributed by atoms with E-state index >= 15 is 26.3 Å². The van der Waals surface area contributed by atoms with E-state index in [0.29, 0.717) is 45.2 Å². The Balaban J connectivity index is 1.24. The summed E-state index contributed by atoms with van der Waals surface area (Å²) in [6, 6.07) is 15.0. The minimum Gasteiger partial charge on any atom is -0.462 e. The Morgan fingerprint density at radius 1 is 0.462 bits per heavy atom. The standard InChI is InChI=1S/C53H66F6O4S2/c1-5-7-9-11-13-15-17-19-21-23-33-62-49(60)41-29-25-39(26-30-41)45-35-43(37(3)64-45)47-48(52(56,57)53(58,59)51(47,54)55)44-36-46(65-38(44)4)40-27-31-42(32-28-40)50(61)63-34-24-22-20-18-16-14-12-10-8-6-2/h25-32,35-36H,5-24,33-34H2,1-4H3. The SMILES string of the molecule is CCCCCCCCCCCCOC(=O)c1ccc(-c2cc(C3=C(c4cc(-c5ccc(C(=O)OCCCCCCCCCCCC)cc5)sc4C)C(F)(F)C(F)(F)C3(F)F)c(C)s2)cc1. The number of rotatable bonds is 28. The monoisotopic (exact) mass is 944 g/mol. The second-order valence-corrected chi connectivity index (χ2v) is 19.9. The molecular weight excluding hydrogens is 879 g/mol. The molecule has 0 saturated heterocycles. The fourth-order valence-electron chi connectivity index (χ4n) is 8.39. The van der Waals surface area contributed by atoms with Crippen LogP contribution in [0.5, 0.6) is 0 Å². The highest BCUT2D eigenvalue weighted by Gasteiger charge is 2.80. The van der Waals surface area contributed by atoms with Gasteiger partial charge in [-0.15, -0.1) is 22.7 Å². The van der Waals surface area contributed by atoms with E-state index in [1.165, 1.54) is 127 Å². The number of thiophene rings is 2. The highest BCUT2D eigenvalue weighted by Crippen LogP contribution is 2.66. The van der Waals surface area contributed by atoms with E-state index in [-0.39, 0.29) is 9.75 Å². The second kappa shape index (κ2) is 24.7. The summed E-state index contributed by atoms with van der Waals surface area (Å²) in [6.07, 6.45) is 23.1. The Bertz CT molecular complexity index is 2000. The van der Waals surface area contributed by atoms with Crippen molar-refractivity contribution in [2.75, 3.05) is 13.2 Å². The molecule has 1 aliphatic carbocycles. The van der Waals surface area contributed by atoms with E-state index in [1.54, 1.807) is 24.3 Å². The fraction of sp³-hybridized carbons (Fsp3) is 0.547. The van der Waals surface area contributed by atoms with Gasteiger partial charge in [0.25, 0.3) is 0 Å². The molecule has 1 aliphatic rings. The number of benzene rings is 2. The molecule has 0 aliphatic heterocycles. The predicted octanol–water partition coefficient (Wildman–Crippen LogP) is 17.7. The van der Waals surface area contributed by atoms with Crippen molar-refractivity contribution in [3.05, 3.63) is 92.7 Å². The average molecular weight is 945 g/mol. The number of halogens is 6. The molecular formula is C53H66F6O4S2. The number of carbonyl (C=O) groups excluding carboxylic acids is 2. The van der Waals surface area contributed by atoms with Crippen LogP contribution in [0, 0.1) is 13.8 Å². The maximum Gasteiger partial charge on any atom is 0.380 e. The van der Waals surface area contributed by atoms with Crippen LogP contribution in [0.25, 0.3) is 32.0 Å². The van der Waals surface area contributed by atoms with Crippen LogP contribution in [0.3, 0.4) is 0 Å². The van der Waals surface area contributed by atoms with Crippen LogP contribution in [0.4, 0.5) is 26.3 Å². The fourth-order valence-corrected chi connectivity index (χ4v) is 10.5. The summed E-state index contributed by atoms with van der Waals surface area (Å²) in [4.78, 5) is 26.6. The van der Waals surface area contributed by atoms with Gasteiger partial charge in [-0.3, -0.25) is 0 Å². The van der Waals surface area contributed by atoms with Crippen LogP contribution in [-0.2, 0) is 9.47 Å². The van der Waals surface area contributed by atoms with Gasteiger partial charge in [0, 0.05) is 30.7 Å². The molecule has 0 bridgehead atoms. The van der Waals surface area contributed by atoms with Crippen LogP contribution >= 0.6 is 22.7 Å². The minimum atomic E-state index is -5.71. The van der Waals surface area contributed by atoms with E-state index in [1.807, 2.05) is 0 Å². The van der Waals surface area contributed by atoms with Crippen LogP contribution in [0.1, 0.15) is 184 Å². The van der Waals surface area contributed by atoms with E-state index in [0.717, 1.165) is 74.0 Å². The van der Waals surface area contributed by atoms with Gasteiger partial charge in [0.2, 0.25) is 0 Å². The third-order valence-electron chi connectivity index (χ3n) is 12.3. The summed E-state index contributed by atoms with van der Waals surface area (Å²) < 4.78 is 105. The van der Waals surface area contributed by atoms with Gasteiger partial charge >= 0.3 is 29.7 Å². The zero-order valence-electron chi connectivity index (χ0n) is 38.5. The third-order valence-corrected chi connectivity index (χ3v) is 14.5. The largest absolute Gasteiger partial charge is 0.462 e. The second-order valence-electron chi connectivity index (χ2n) is 17.4. The molecule has 12 heteroatoms. The van der Waals surface area contributed by atoms with Gasteiger partial charge in [0.15, 0.2) is 0 Å². The smallest absolute Gasteiger partial charge is 0.380 e. The highest BCUT2D eigenvalue weighted by atomic mass is 32.1. The van der Waals surface area contributed by atoms with Gasteiger partial charge in [-0.2, -0.15) is 26.3 Å². The first-order valence-corrected chi connectivity index (χ1v) is 25.4. The lowest BCUT2D eigenvalue weighted by atomic mass is 9.94. The first-order chi connectivity index (χ1) is 31.1. The molecule has 65 heavy (non-hydrogen) atoms. The molecule has 0 amide bonds. The number of aryl methyl sites for hydroxylation is 2. The summed E-state index contributed by atoms with van der Waals surface area (Å²) in [5.41, 5.74) is -2.03. The molecule has 0 N–H and O–H groups in total. The van der Waals surface area contributed by atoms with Gasteiger partial charge in [0.1, 0.15) is 0 Å². The first-order valence-electron chi connectivity index (χ1n) is 23.8. The number of esters is 2. The van der Waals surface area contributed by atoms with Gasteiger partial charge in [0.05, 0.1) is 24.3 Å². The Labute approximate surface area is 390 Å². The van der Waals surface area contributed by atoms with Crippen molar-refractivity contribution in [3.8, 4) is 20.9 Å². The number of unbranched alkanes of at least 4 members (excludes halogenated alkanes) is 18. The summed E-state index contributed by atoms with van der Waals surface area (Å²) in [7, 11) is 0. The molecule has 5 rings (SSSR count). The van der Waals surface area contributed by atoms with Gasteiger partial charge in [-0.1, -0.05) is 154 Å². The van der Waals surface area contributed by atoms with E-state index in [4.69, 9.17) is 9.47 Å². The number of carbonyl (C=O) groups is 2. The highest BCUT2D eigenvalue weighted by molar-refractivity contribution is 7.16. The molecule has 0 atom stereocenters. The Morgan fingerprint density at radius 2 is 0.754 bits per heavy atom. The van der Waals surface area contributed by atoms with E-state index in [2.05, 4.69) is 13.8 Å². The van der Waals surface area contributed by atoms with Gasteiger partial charge in [-0.25, -0.2) is 9.59 Å². The molecule has 0 unspecified atom stereocenters. The maximum atomic E-state index is 15.9. The van der Waals surface area contributed by atoms with Crippen LogP contribution < -0.4 is 0 Å². The normalized spacial score (nSPS) is 15.2. The van der Waals surface area contributed by atoms with Crippen molar-refractivity contribution >= 4 is 45.8 Å². The van der Waals surface area contributed by atoms with Gasteiger partial charge in [-0.05, 0) is 85.3 Å². The van der Waals surface area contributed by atoms with Crippen molar-refractivity contribution < 1.29 is 45.4 Å². The number of hydrogen-bond acceptors (Lipinski definition) is 6. The van der Waals surface area contributed by atoms with E-state index < -0.39 is 52.0 Å². The quantitative estimate of drug-likeness (QED) is 0.0323. The van der Waals surface area contributed by atoms with E-state index in [9.17, 15) is 9.59 Å². The number of hydrogen-bond donors (Lipinski definition) is 0. The lowest BCUT2D eigenvalue weighted by Crippen LogP contribution is -2.48. The van der Waals surface area contributed by atoms with Crippen molar-refractivity contribution in [1.82, 2.24) is 0 Å². The van der Waals surface area contributed by atoms with Crippen molar-refractivity contribution in [3.63, 3.8) is 0 Å². The summed E-state index contributed by atoms with van der Waals surface area (Å²) in [6.45, 7) is 7.87. The van der Waals surface area contributed by atoms with Crippen molar-refractivity contribution in [1.29, 1.82) is 0 Å². The van der Waals surface area contributed by atoms with Crippen molar-refractivity contribution in [2.24, 2.45) is 0 Å². The number of alkyl halides is 6. The Hall–Kier alpha value is -3.90. The summed E-state index contributed by atoms with van der Waals surface area (Å²) in [5, 5.41) is 0. The third kappa shape index (κ3) is 13.2. The van der Waals surface area contributed by atoms with Crippen LogP contribution in [0.2, 0.25) is 0 Å². The minimum absolute atomic E-state index is 0.157. The zero-order chi connectivity index (χ0) is 47.0. The number of allylic oxidation sites excluding steroid dienone is 2. The average Bonchev–Trinajstić information content (AvgIpc) is 3.89. The predicted molar refractivity (Wildman–Crippen MR) is 255 cm³/mol. The van der Waals surface area contributed by atoms with Crippen LogP contribution in [-0.4, -0.2) is 42.9 Å². The summed E-state index contributed by atoms with van der Waals surface area (Å²) in [5.74, 6) is -17.1. The van der Waals surface area contributed by atoms with Crippen LogP contribution in [0.15, 0.2) is 60.7 Å². The Morgan fingerprint density at radius 3 is 1.06 bits per heavy atom. The molecule has 2 aromatic heterocycles. The molecule has 4 nitrogen and oxygen atoms in total. The maximum absolute atomic E-state index is 15.9. The first kappa shape index (κ1) is 52.1.